The second kappa shape index (κ2) is 8.36. The lowest BCUT2D eigenvalue weighted by Gasteiger charge is -2.20. The minimum Gasteiger partial charge on any atom is -0.493 e. The van der Waals surface area contributed by atoms with Crippen LogP contribution in [0, 0.1) is 25.7 Å². The molecule has 2 saturated heterocycles. The fourth-order valence-corrected chi connectivity index (χ4v) is 4.93. The summed E-state index contributed by atoms with van der Waals surface area (Å²) in [4.78, 5) is 0. The predicted molar refractivity (Wildman–Crippen MR) is 113 cm³/mol. The largest absolute Gasteiger partial charge is 0.493 e. The smallest absolute Gasteiger partial charge is 0.163 e. The van der Waals surface area contributed by atoms with Crippen molar-refractivity contribution in [3.05, 3.63) is 46.5 Å². The molecule has 4 atom stereocenters. The number of hydrogen-bond donors (Lipinski definition) is 0. The summed E-state index contributed by atoms with van der Waals surface area (Å²) in [5.74, 6) is 3.53. The van der Waals surface area contributed by atoms with Crippen LogP contribution in [0.5, 0.6) is 23.0 Å². The Hall–Kier alpha value is -2.44. The maximum Gasteiger partial charge on any atom is 0.163 e. The van der Waals surface area contributed by atoms with Gasteiger partial charge in [0.25, 0.3) is 0 Å². The standard InChI is InChI=1S/C24H30O6/c1-13-7-15(9-19(25-3)21(13)27-5)23-17-11-30-24(18(17)12-29-23)16-8-14(2)22(28-6)20(10-16)26-4/h7-10,17-18,23-24H,11-12H2,1-6H3. The molecule has 2 aromatic carbocycles. The molecule has 0 aromatic heterocycles. The summed E-state index contributed by atoms with van der Waals surface area (Å²) in [5.41, 5.74) is 4.27. The van der Waals surface area contributed by atoms with Gasteiger partial charge in [0.1, 0.15) is 0 Å². The molecule has 0 radical (unpaired) electrons. The lowest BCUT2D eigenvalue weighted by molar-refractivity contribution is 0.0191. The maximum absolute atomic E-state index is 6.29. The first-order valence-corrected chi connectivity index (χ1v) is 10.2. The molecule has 4 rings (SSSR count). The van der Waals surface area contributed by atoms with E-state index in [-0.39, 0.29) is 24.0 Å². The van der Waals surface area contributed by atoms with Crippen LogP contribution >= 0.6 is 0 Å². The van der Waals surface area contributed by atoms with Crippen LogP contribution in [0.3, 0.4) is 0 Å². The Morgan fingerprint density at radius 2 is 1.03 bits per heavy atom. The minimum atomic E-state index is -0.0280. The topological polar surface area (TPSA) is 55.4 Å². The van der Waals surface area contributed by atoms with E-state index in [0.29, 0.717) is 13.2 Å². The fraction of sp³-hybridized carbons (Fsp3) is 0.500. The molecule has 0 N–H and O–H groups in total. The molecular formula is C24H30O6. The fourth-order valence-electron chi connectivity index (χ4n) is 4.93. The van der Waals surface area contributed by atoms with Crippen molar-refractivity contribution < 1.29 is 28.4 Å². The van der Waals surface area contributed by atoms with E-state index < -0.39 is 0 Å². The summed E-state index contributed by atoms with van der Waals surface area (Å²) in [7, 11) is 6.64. The highest BCUT2D eigenvalue weighted by Gasteiger charge is 2.48. The van der Waals surface area contributed by atoms with E-state index in [1.54, 1.807) is 28.4 Å². The normalized spacial score (nSPS) is 25.1. The molecule has 2 fully saturated rings. The highest BCUT2D eigenvalue weighted by Crippen LogP contribution is 2.52. The van der Waals surface area contributed by atoms with Crippen LogP contribution < -0.4 is 18.9 Å². The van der Waals surface area contributed by atoms with Crippen molar-refractivity contribution in [1.29, 1.82) is 0 Å². The molecule has 6 nitrogen and oxygen atoms in total. The van der Waals surface area contributed by atoms with Gasteiger partial charge in [-0.1, -0.05) is 0 Å². The number of methoxy groups -OCH3 is 4. The molecule has 2 aliphatic rings. The third-order valence-electron chi connectivity index (χ3n) is 6.30. The molecular weight excluding hydrogens is 384 g/mol. The molecule has 0 saturated carbocycles. The van der Waals surface area contributed by atoms with E-state index in [4.69, 9.17) is 28.4 Å². The zero-order valence-electron chi connectivity index (χ0n) is 18.5. The van der Waals surface area contributed by atoms with Crippen molar-refractivity contribution in [1.82, 2.24) is 0 Å². The lowest BCUT2D eigenvalue weighted by atomic mass is 9.84. The Bertz CT molecular complexity index is 849. The third-order valence-corrected chi connectivity index (χ3v) is 6.30. The Labute approximate surface area is 178 Å². The first kappa shape index (κ1) is 20.8. The molecule has 2 aliphatic heterocycles. The van der Waals surface area contributed by atoms with Gasteiger partial charge in [-0.15, -0.1) is 0 Å². The van der Waals surface area contributed by atoms with Crippen LogP contribution in [0.1, 0.15) is 34.5 Å². The molecule has 6 heteroatoms. The summed E-state index contributed by atoms with van der Waals surface area (Å²) in [6.45, 7) is 5.36. The van der Waals surface area contributed by atoms with Gasteiger partial charge in [0.15, 0.2) is 23.0 Å². The molecule has 0 spiro atoms. The average Bonchev–Trinajstić information content (AvgIpc) is 3.34. The van der Waals surface area contributed by atoms with Crippen molar-refractivity contribution in [2.24, 2.45) is 11.8 Å². The number of ether oxygens (including phenoxy) is 6. The molecule has 0 bridgehead atoms. The van der Waals surface area contributed by atoms with Crippen LogP contribution in [-0.2, 0) is 9.47 Å². The predicted octanol–water partition coefficient (Wildman–Crippen LogP) is 4.41. The van der Waals surface area contributed by atoms with Crippen molar-refractivity contribution in [2.45, 2.75) is 26.1 Å². The summed E-state index contributed by atoms with van der Waals surface area (Å²) in [6.07, 6.45) is -0.0560. The van der Waals surface area contributed by atoms with Gasteiger partial charge >= 0.3 is 0 Å². The van der Waals surface area contributed by atoms with Crippen molar-refractivity contribution >= 4 is 0 Å². The van der Waals surface area contributed by atoms with E-state index in [1.165, 1.54) is 0 Å². The molecule has 162 valence electrons. The monoisotopic (exact) mass is 414 g/mol. The zero-order valence-corrected chi connectivity index (χ0v) is 18.5. The number of hydrogen-bond acceptors (Lipinski definition) is 6. The van der Waals surface area contributed by atoms with Crippen LogP contribution in [0.25, 0.3) is 0 Å². The van der Waals surface area contributed by atoms with E-state index in [0.717, 1.165) is 45.3 Å². The van der Waals surface area contributed by atoms with E-state index in [2.05, 4.69) is 12.1 Å². The van der Waals surface area contributed by atoms with Gasteiger partial charge in [0.2, 0.25) is 0 Å². The second-order valence-corrected chi connectivity index (χ2v) is 7.98. The van der Waals surface area contributed by atoms with Gasteiger partial charge in [-0.05, 0) is 60.4 Å². The summed E-state index contributed by atoms with van der Waals surface area (Å²) < 4.78 is 34.6. The van der Waals surface area contributed by atoms with E-state index in [9.17, 15) is 0 Å². The Kier molecular flexibility index (Phi) is 5.80. The molecule has 0 amide bonds. The Balaban J connectivity index is 1.62. The first-order chi connectivity index (χ1) is 14.5. The molecule has 30 heavy (non-hydrogen) atoms. The number of benzene rings is 2. The van der Waals surface area contributed by atoms with E-state index in [1.807, 2.05) is 26.0 Å². The van der Waals surface area contributed by atoms with Crippen molar-refractivity contribution in [2.75, 3.05) is 41.7 Å². The van der Waals surface area contributed by atoms with Crippen molar-refractivity contribution in [3.63, 3.8) is 0 Å². The van der Waals surface area contributed by atoms with Gasteiger partial charge in [0, 0.05) is 11.8 Å². The Morgan fingerprint density at radius 3 is 1.37 bits per heavy atom. The third kappa shape index (κ3) is 3.38. The number of aryl methyl sites for hydroxylation is 2. The van der Waals surface area contributed by atoms with Crippen LogP contribution in [-0.4, -0.2) is 41.7 Å². The van der Waals surface area contributed by atoms with Crippen molar-refractivity contribution in [3.8, 4) is 23.0 Å². The quantitative estimate of drug-likeness (QED) is 0.698. The molecule has 0 aliphatic carbocycles. The Morgan fingerprint density at radius 1 is 0.633 bits per heavy atom. The highest BCUT2D eigenvalue weighted by molar-refractivity contribution is 5.51. The number of fused-ring (bicyclic) bond motifs is 1. The van der Waals surface area contributed by atoms with Gasteiger partial charge in [-0.25, -0.2) is 0 Å². The average molecular weight is 414 g/mol. The lowest BCUT2D eigenvalue weighted by Crippen LogP contribution is -2.15. The van der Waals surface area contributed by atoms with Gasteiger partial charge in [-0.3, -0.25) is 0 Å². The molecule has 4 unspecified atom stereocenters. The number of rotatable bonds is 6. The summed E-state index contributed by atoms with van der Waals surface area (Å²) >= 11 is 0. The highest BCUT2D eigenvalue weighted by atomic mass is 16.5. The van der Waals surface area contributed by atoms with E-state index >= 15 is 0 Å². The summed E-state index contributed by atoms with van der Waals surface area (Å²) in [6, 6.07) is 8.30. The summed E-state index contributed by atoms with van der Waals surface area (Å²) in [5, 5.41) is 0. The SMILES string of the molecule is COc1cc(C2OCC3C(c4cc(C)c(OC)c(OC)c4)OCC23)cc(C)c1OC. The van der Waals surface area contributed by atoms with Crippen LogP contribution in [0.4, 0.5) is 0 Å². The van der Waals surface area contributed by atoms with Gasteiger partial charge in [0.05, 0.1) is 53.9 Å². The van der Waals surface area contributed by atoms with Crippen LogP contribution in [0.2, 0.25) is 0 Å². The molecule has 2 heterocycles. The van der Waals surface area contributed by atoms with Gasteiger partial charge in [-0.2, -0.15) is 0 Å². The molecule has 2 aromatic rings. The maximum atomic E-state index is 6.29. The van der Waals surface area contributed by atoms with Crippen LogP contribution in [0.15, 0.2) is 24.3 Å². The second-order valence-electron chi connectivity index (χ2n) is 7.98. The first-order valence-electron chi connectivity index (χ1n) is 10.2. The van der Waals surface area contributed by atoms with Gasteiger partial charge < -0.3 is 28.4 Å². The minimum absolute atomic E-state index is 0.0280. The zero-order chi connectivity index (χ0) is 21.4.